The van der Waals surface area contributed by atoms with Crippen LogP contribution in [0.5, 0.6) is 11.5 Å². The van der Waals surface area contributed by atoms with Gasteiger partial charge in [-0.3, -0.25) is 14.1 Å². The molecule has 5 aromatic rings. The van der Waals surface area contributed by atoms with Gasteiger partial charge in [-0.1, -0.05) is 43.7 Å². The number of methoxy groups -OCH3 is 2. The average Bonchev–Trinajstić information content (AvgIpc) is 3.61. The molecular formula is C28H29N7O3. The number of nitrogens with zero attached hydrogens (tertiary/aromatic N) is 7. The van der Waals surface area contributed by atoms with Crippen molar-refractivity contribution in [3.63, 3.8) is 0 Å². The number of unbranched alkanes of at least 4 members (excludes halogenated alkanes) is 1. The van der Waals surface area contributed by atoms with Gasteiger partial charge in [-0.25, -0.2) is 4.79 Å². The summed E-state index contributed by atoms with van der Waals surface area (Å²) >= 11 is 0. The van der Waals surface area contributed by atoms with Gasteiger partial charge in [-0.15, -0.1) is 5.10 Å². The zero-order valence-corrected chi connectivity index (χ0v) is 21.6. The van der Waals surface area contributed by atoms with Crippen molar-refractivity contribution in [1.82, 2.24) is 34.3 Å². The zero-order chi connectivity index (χ0) is 26.5. The van der Waals surface area contributed by atoms with Gasteiger partial charge in [0.25, 0.3) is 0 Å². The van der Waals surface area contributed by atoms with Gasteiger partial charge in [0.1, 0.15) is 23.5 Å². The van der Waals surface area contributed by atoms with Crippen molar-refractivity contribution in [3.8, 4) is 34.1 Å². The van der Waals surface area contributed by atoms with Crippen molar-refractivity contribution in [2.75, 3.05) is 14.2 Å². The highest BCUT2D eigenvalue weighted by molar-refractivity contribution is 5.69. The van der Waals surface area contributed by atoms with Crippen LogP contribution in [0.2, 0.25) is 0 Å². The molecule has 0 unspecified atom stereocenters. The van der Waals surface area contributed by atoms with Crippen LogP contribution in [-0.2, 0) is 13.0 Å². The third-order valence-electron chi connectivity index (χ3n) is 6.43. The van der Waals surface area contributed by atoms with Gasteiger partial charge < -0.3 is 9.47 Å². The number of imidazole rings is 1. The number of aromatic nitrogens is 7. The first-order valence-electron chi connectivity index (χ1n) is 12.4. The summed E-state index contributed by atoms with van der Waals surface area (Å²) in [7, 11) is 3.17. The number of ether oxygens (including phenoxy) is 2. The average molecular weight is 512 g/mol. The molecule has 0 spiro atoms. The van der Waals surface area contributed by atoms with Gasteiger partial charge in [0.05, 0.1) is 32.1 Å². The first-order valence-corrected chi connectivity index (χ1v) is 12.4. The molecule has 0 bridgehead atoms. The number of hydrogen-bond acceptors (Lipinski definition) is 7. The van der Waals surface area contributed by atoms with E-state index < -0.39 is 0 Å². The lowest BCUT2D eigenvalue weighted by molar-refractivity contribution is 0.390. The molecule has 3 aromatic heterocycles. The van der Waals surface area contributed by atoms with Crippen molar-refractivity contribution in [1.29, 1.82) is 0 Å². The van der Waals surface area contributed by atoms with Gasteiger partial charge in [-0.2, -0.15) is 4.68 Å². The van der Waals surface area contributed by atoms with E-state index in [-0.39, 0.29) is 5.69 Å². The quantitative estimate of drug-likeness (QED) is 0.278. The van der Waals surface area contributed by atoms with E-state index in [1.807, 2.05) is 67.0 Å². The molecule has 10 heteroatoms. The number of pyridine rings is 1. The first-order chi connectivity index (χ1) is 18.6. The molecule has 0 fully saturated rings. The Morgan fingerprint density at radius 2 is 1.74 bits per heavy atom. The highest BCUT2D eigenvalue weighted by Crippen LogP contribution is 2.32. The fraction of sp³-hybridized carbons (Fsp3) is 0.250. The summed E-state index contributed by atoms with van der Waals surface area (Å²) in [5, 5.41) is 11.5. The second kappa shape index (κ2) is 11.1. The molecule has 3 heterocycles. The highest BCUT2D eigenvalue weighted by Gasteiger charge is 2.19. The molecule has 0 atom stereocenters. The van der Waals surface area contributed by atoms with Crippen LogP contribution in [-0.4, -0.2) is 48.5 Å². The predicted molar refractivity (Wildman–Crippen MR) is 143 cm³/mol. The van der Waals surface area contributed by atoms with Gasteiger partial charge in [0.2, 0.25) is 0 Å². The maximum absolute atomic E-state index is 13.7. The Hall–Kier alpha value is -4.73. The molecule has 2 aromatic carbocycles. The standard InChI is InChI=1S/C28H29N7O3/c1-4-5-9-21-18-34(27-25(37-2)12-8-13-26(27)38-3)28(36)33(21)17-20-14-15-23(29-16-20)22-10-6-7-11-24(22)35-19-30-31-32-35/h6-8,10-16,18-19H,4-5,9,17H2,1-3H3. The normalized spacial score (nSPS) is 11.0. The predicted octanol–water partition coefficient (Wildman–Crippen LogP) is 4.08. The summed E-state index contributed by atoms with van der Waals surface area (Å²) < 4.78 is 16.2. The molecule has 0 aliphatic carbocycles. The molecule has 0 radical (unpaired) electrons. The minimum absolute atomic E-state index is 0.160. The maximum Gasteiger partial charge on any atom is 0.333 e. The van der Waals surface area contributed by atoms with Gasteiger partial charge in [-0.05, 0) is 53.1 Å². The number of tetrazole rings is 1. The number of para-hydroxylation sites is 2. The Kier molecular flexibility index (Phi) is 7.30. The molecule has 0 saturated carbocycles. The Morgan fingerprint density at radius 3 is 2.39 bits per heavy atom. The Bertz CT molecular complexity index is 1550. The smallest absolute Gasteiger partial charge is 0.333 e. The minimum Gasteiger partial charge on any atom is -0.494 e. The number of rotatable bonds is 10. The van der Waals surface area contributed by atoms with Crippen LogP contribution in [0.3, 0.4) is 0 Å². The lowest BCUT2D eigenvalue weighted by Crippen LogP contribution is -2.25. The molecule has 0 amide bonds. The molecule has 0 aliphatic heterocycles. The second-order valence-corrected chi connectivity index (χ2v) is 8.80. The van der Waals surface area contributed by atoms with Gasteiger partial charge in [0.15, 0.2) is 0 Å². The molecule has 0 saturated heterocycles. The molecule has 194 valence electrons. The van der Waals surface area contributed by atoms with Crippen LogP contribution < -0.4 is 15.2 Å². The first kappa shape index (κ1) is 24.9. The third kappa shape index (κ3) is 4.80. The van der Waals surface area contributed by atoms with E-state index in [4.69, 9.17) is 14.5 Å². The van der Waals surface area contributed by atoms with Crippen molar-refractivity contribution in [3.05, 3.63) is 95.1 Å². The molecular weight excluding hydrogens is 482 g/mol. The maximum atomic E-state index is 13.7. The fourth-order valence-corrected chi connectivity index (χ4v) is 4.50. The molecule has 5 rings (SSSR count). The van der Waals surface area contributed by atoms with E-state index in [1.165, 1.54) is 0 Å². The molecule has 0 N–H and O–H groups in total. The van der Waals surface area contributed by atoms with Gasteiger partial charge >= 0.3 is 5.69 Å². The summed E-state index contributed by atoms with van der Waals surface area (Å²) in [6.07, 6.45) is 8.02. The van der Waals surface area contributed by atoms with Crippen LogP contribution in [0.25, 0.3) is 22.6 Å². The molecule has 0 aliphatic rings. The largest absolute Gasteiger partial charge is 0.494 e. The van der Waals surface area contributed by atoms with Crippen molar-refractivity contribution < 1.29 is 9.47 Å². The summed E-state index contributed by atoms with van der Waals surface area (Å²) in [5.74, 6) is 1.14. The summed E-state index contributed by atoms with van der Waals surface area (Å²) in [6, 6.07) is 17.2. The topological polar surface area (TPSA) is 102 Å². The Morgan fingerprint density at radius 1 is 0.947 bits per heavy atom. The van der Waals surface area contributed by atoms with E-state index in [2.05, 4.69) is 22.4 Å². The van der Waals surface area contributed by atoms with Crippen LogP contribution in [0.1, 0.15) is 31.0 Å². The summed E-state index contributed by atoms with van der Waals surface area (Å²) in [4.78, 5) is 18.4. The van der Waals surface area contributed by atoms with Crippen LogP contribution in [0.4, 0.5) is 0 Å². The molecule has 10 nitrogen and oxygen atoms in total. The van der Waals surface area contributed by atoms with E-state index in [1.54, 1.807) is 34.4 Å². The number of hydrogen-bond donors (Lipinski definition) is 0. The SMILES string of the molecule is CCCCc1cn(-c2c(OC)cccc2OC)c(=O)n1Cc1ccc(-c2ccccc2-n2cnnn2)nc1. The van der Waals surface area contributed by atoms with E-state index in [0.29, 0.717) is 23.7 Å². The zero-order valence-electron chi connectivity index (χ0n) is 21.6. The van der Waals surface area contributed by atoms with Crippen molar-refractivity contribution in [2.45, 2.75) is 32.7 Å². The highest BCUT2D eigenvalue weighted by atomic mass is 16.5. The minimum atomic E-state index is -0.160. The fourth-order valence-electron chi connectivity index (χ4n) is 4.50. The number of aryl methyl sites for hydroxylation is 1. The Labute approximate surface area is 220 Å². The summed E-state index contributed by atoms with van der Waals surface area (Å²) in [5.41, 5.74) is 4.81. The van der Waals surface area contributed by atoms with E-state index >= 15 is 0 Å². The van der Waals surface area contributed by atoms with Gasteiger partial charge in [0, 0.05) is 23.7 Å². The monoisotopic (exact) mass is 511 g/mol. The summed E-state index contributed by atoms with van der Waals surface area (Å²) in [6.45, 7) is 2.53. The second-order valence-electron chi connectivity index (χ2n) is 8.80. The lowest BCUT2D eigenvalue weighted by Gasteiger charge is -2.12. The van der Waals surface area contributed by atoms with E-state index in [9.17, 15) is 4.79 Å². The van der Waals surface area contributed by atoms with E-state index in [0.717, 1.165) is 47.5 Å². The number of benzene rings is 2. The van der Waals surface area contributed by atoms with Crippen LogP contribution in [0.15, 0.2) is 78.1 Å². The van der Waals surface area contributed by atoms with Crippen molar-refractivity contribution >= 4 is 0 Å². The lowest BCUT2D eigenvalue weighted by atomic mass is 10.1. The van der Waals surface area contributed by atoms with Crippen molar-refractivity contribution in [2.24, 2.45) is 0 Å². The molecule has 38 heavy (non-hydrogen) atoms. The van der Waals surface area contributed by atoms with Crippen LogP contribution >= 0.6 is 0 Å². The Balaban J connectivity index is 1.51. The third-order valence-corrected chi connectivity index (χ3v) is 6.43. The van der Waals surface area contributed by atoms with Crippen LogP contribution in [0, 0.1) is 0 Å².